The van der Waals surface area contributed by atoms with Crippen molar-refractivity contribution in [3.63, 3.8) is 0 Å². The summed E-state index contributed by atoms with van der Waals surface area (Å²) in [6, 6.07) is 19.3. The summed E-state index contributed by atoms with van der Waals surface area (Å²) in [4.78, 5) is 68.7. The Kier molecular flexibility index (Phi) is 26.1. The summed E-state index contributed by atoms with van der Waals surface area (Å²) in [6.45, 7) is 6.72. The van der Waals surface area contributed by atoms with E-state index in [-0.39, 0.29) is 101 Å². The molecule has 13 atom stereocenters. The molecule has 9 aromatic rings. The highest BCUT2D eigenvalue weighted by atomic mass is 79.9. The smallest absolute Gasteiger partial charge is 0.333 e. The number of aliphatic hydroxyl groups excluding tert-OH is 3. The Balaban J connectivity index is 0.000000170. The molecule has 0 saturated heterocycles. The molecule has 3 aliphatic rings. The zero-order chi connectivity index (χ0) is 76.5. The number of carbonyl (C=O) groups is 3. The van der Waals surface area contributed by atoms with Crippen LogP contribution >= 0.6 is 39.1 Å². The van der Waals surface area contributed by atoms with Crippen molar-refractivity contribution in [3.05, 3.63) is 200 Å². The first-order valence-corrected chi connectivity index (χ1v) is 38.6. The van der Waals surface area contributed by atoms with Crippen molar-refractivity contribution in [1.82, 2.24) is 59.0 Å². The van der Waals surface area contributed by atoms with E-state index in [2.05, 4.69) is 89.5 Å². The molecule has 3 saturated carbocycles. The SMILES string of the molecule is CC(c1ccc(Cl)o1)n1ccc(C(=O)c2cncnc2N[C@@H]2C[C@H](COS(N)(=O)=O)[C@@H](O)[C@@H]2F)c1.CC(c1cccc(Br)n1)n1ccc(C(=O)c2cncnc2N[C@@H]2C[C@H](COS(N)(=O)=O)[C@@H](O)C2)n1.Cc1cc(C(=O)c2cncnc2N[C@@H]2C[C@H](COS(N)(=O)=O)[C@@H](O)C2)nn1C(C)c1cccc(Cl)c1. The average molecular weight is 1630 g/mol. The zero-order valence-corrected chi connectivity index (χ0v) is 62.3. The molecule has 8 aromatic heterocycles. The second-order valence-electron chi connectivity index (χ2n) is 25.4. The lowest BCUT2D eigenvalue weighted by molar-refractivity contribution is 0.0501. The van der Waals surface area contributed by atoms with Gasteiger partial charge in [-0.05, 0) is 147 Å². The number of alkyl halides is 1. The standard InChI is InChI=1S/C23H27ClN6O5S.C21H24BrN7O5S.C21H23ClFN5O6S/c1-13-6-20(29-30(13)14(2)15-4-3-5-17(24)7-15)22(32)19-10-26-12-27-23(19)28-18-8-16(21(31)9-18)11-35-36(25,33)34;1-12(16-3-2-4-19(22)27-16)29-6-5-17(28-29)20(31)15-9-24-11-25-21(15)26-14-7-13(18(30)8-14)10-34-35(23,32)33;1-11(16-2-3-17(22)34-16)28-5-4-12(8-28)19(29)14-7-25-10-26-21(14)27-15-6-13(20(30)18(15)23)9-33-35(24,31)32/h3-7,10,12,14,16,18,21,31H,8-9,11H2,1-2H3,(H2,25,33,34)(H,26,27,28);2-6,9,11-14,18,30H,7-8,10H2,1H3,(H2,23,32,33)(H,24,25,26);2-5,7-8,10-11,13,15,18,20,30H,6,9H2,1H3,(H2,24,31,32)(H,25,26,27)/t14?,16-,18-,21+;12?,13-,14-,18+;11?,13-,15-,18-,20-/m111/s1. The van der Waals surface area contributed by atoms with Gasteiger partial charge in [-0.3, -0.25) is 36.3 Å². The molecule has 12 N–H and O–H groups in total. The lowest BCUT2D eigenvalue weighted by atomic mass is 10.1. The molecule has 0 spiro atoms. The highest BCUT2D eigenvalue weighted by Gasteiger charge is 2.44. The third-order valence-corrected chi connectivity index (χ3v) is 20.2. The molecular weight excluding hydrogens is 1550 g/mol. The molecule has 0 bridgehead atoms. The Morgan fingerprint density at radius 3 is 1.72 bits per heavy atom. The number of hydrogen-bond acceptors (Lipinski definition) is 28. The molecule has 12 rings (SSSR count). The first-order chi connectivity index (χ1) is 50.1. The molecule has 3 unspecified atom stereocenters. The number of hydrogen-bond donors (Lipinski definition) is 9. The minimum atomic E-state index is -4.23. The van der Waals surface area contributed by atoms with E-state index in [1.165, 1.54) is 37.6 Å². The van der Waals surface area contributed by atoms with E-state index in [4.69, 9.17) is 43.0 Å². The van der Waals surface area contributed by atoms with Crippen LogP contribution in [0.3, 0.4) is 0 Å². The largest absolute Gasteiger partial charge is 0.448 e. The van der Waals surface area contributed by atoms with Gasteiger partial charge >= 0.3 is 30.9 Å². The van der Waals surface area contributed by atoms with Gasteiger partial charge < -0.3 is 40.3 Å². The van der Waals surface area contributed by atoms with E-state index in [1.54, 1.807) is 68.9 Å². The quantitative estimate of drug-likeness (QED) is 0.0218. The van der Waals surface area contributed by atoms with Crippen molar-refractivity contribution in [1.29, 1.82) is 0 Å². The van der Waals surface area contributed by atoms with Crippen molar-refractivity contribution < 1.29 is 76.3 Å². The molecular formula is C65H74BrCl2FN18O16S3. The van der Waals surface area contributed by atoms with E-state index in [0.29, 0.717) is 58.3 Å². The predicted molar refractivity (Wildman–Crippen MR) is 384 cm³/mol. The molecule has 106 heavy (non-hydrogen) atoms. The Bertz CT molecular complexity index is 4970. The third-order valence-electron chi connectivity index (χ3n) is 18.0. The lowest BCUT2D eigenvalue weighted by Crippen LogP contribution is -2.33. The van der Waals surface area contributed by atoms with Gasteiger partial charge in [0.05, 0.1) is 84.7 Å². The Hall–Kier alpha value is -8.52. The number of carbonyl (C=O) groups excluding carboxylic acids is 3. The number of benzene rings is 1. The first kappa shape index (κ1) is 80.0. The van der Waals surface area contributed by atoms with Crippen LogP contribution in [0.2, 0.25) is 10.2 Å². The highest BCUT2D eigenvalue weighted by Crippen LogP contribution is 2.36. The van der Waals surface area contributed by atoms with Crippen LogP contribution in [0.4, 0.5) is 21.8 Å². The maximum absolute atomic E-state index is 14.7. The second-order valence-corrected chi connectivity index (χ2v) is 30.7. The molecule has 41 heteroatoms. The number of aliphatic hydroxyl groups is 3. The summed E-state index contributed by atoms with van der Waals surface area (Å²) in [5.41, 5.74) is 3.90. The average Bonchev–Trinajstić information content (AvgIpc) is 1.64. The van der Waals surface area contributed by atoms with Crippen molar-refractivity contribution in [3.8, 4) is 0 Å². The fourth-order valence-electron chi connectivity index (χ4n) is 12.4. The van der Waals surface area contributed by atoms with E-state index in [1.807, 2.05) is 64.1 Å². The molecule has 3 aliphatic carbocycles. The van der Waals surface area contributed by atoms with Gasteiger partial charge in [0.1, 0.15) is 64.4 Å². The van der Waals surface area contributed by atoms with Gasteiger partial charge in [0.2, 0.25) is 11.6 Å². The molecule has 1 aromatic carbocycles. The normalized spacial score (nSPS) is 21.8. The number of nitrogens with zero attached hydrogens (tertiary/aromatic N) is 12. The number of halogens is 4. The Labute approximate surface area is 625 Å². The molecule has 0 amide bonds. The number of aryl methyl sites for hydroxylation is 1. The zero-order valence-electron chi connectivity index (χ0n) is 56.8. The van der Waals surface area contributed by atoms with Crippen LogP contribution in [-0.2, 0) is 43.5 Å². The monoisotopic (exact) mass is 1630 g/mol. The third kappa shape index (κ3) is 21.0. The predicted octanol–water partition coefficient (Wildman–Crippen LogP) is 5.77. The number of nitrogens with two attached hydrogens (primary N) is 3. The molecule has 3 fully saturated rings. The highest BCUT2D eigenvalue weighted by molar-refractivity contribution is 9.10. The van der Waals surface area contributed by atoms with Gasteiger partial charge in [0.25, 0.3) is 0 Å². The van der Waals surface area contributed by atoms with E-state index < -0.39 is 91.6 Å². The topological polar surface area (TPSA) is 500 Å². The minimum absolute atomic E-state index is 0.0229. The van der Waals surface area contributed by atoms with Crippen LogP contribution in [0.15, 0.2) is 138 Å². The second kappa shape index (κ2) is 34.6. The fraction of sp³-hybridized carbons (Fsp3) is 0.385. The lowest BCUT2D eigenvalue weighted by Gasteiger charge is -2.18. The van der Waals surface area contributed by atoms with Gasteiger partial charge in [-0.25, -0.2) is 54.7 Å². The van der Waals surface area contributed by atoms with Gasteiger partial charge in [-0.15, -0.1) is 0 Å². The summed E-state index contributed by atoms with van der Waals surface area (Å²) in [5.74, 6) is -1.53. The van der Waals surface area contributed by atoms with Gasteiger partial charge in [-0.1, -0.05) is 29.8 Å². The number of nitrogens with one attached hydrogen (secondary N) is 3. The van der Waals surface area contributed by atoms with Gasteiger partial charge in [0, 0.05) is 83.3 Å². The summed E-state index contributed by atoms with van der Waals surface area (Å²) >= 11 is 15.3. The van der Waals surface area contributed by atoms with Crippen LogP contribution in [0.5, 0.6) is 0 Å². The van der Waals surface area contributed by atoms with Crippen molar-refractivity contribution in [2.75, 3.05) is 35.8 Å². The number of ketones is 3. The molecule has 0 radical (unpaired) electrons. The fourth-order valence-corrected chi connectivity index (χ4v) is 14.2. The van der Waals surface area contributed by atoms with Crippen LogP contribution in [0.25, 0.3) is 0 Å². The number of pyridine rings is 1. The van der Waals surface area contributed by atoms with E-state index >= 15 is 0 Å². The minimum Gasteiger partial charge on any atom is -0.448 e. The molecule has 8 heterocycles. The van der Waals surface area contributed by atoms with Crippen molar-refractivity contribution in [2.24, 2.45) is 33.2 Å². The van der Waals surface area contributed by atoms with E-state index in [0.717, 1.165) is 17.0 Å². The van der Waals surface area contributed by atoms with Gasteiger partial charge in [0.15, 0.2) is 11.0 Å². The summed E-state index contributed by atoms with van der Waals surface area (Å²) < 4.78 is 106. The molecule has 566 valence electrons. The number of furan rings is 1. The Morgan fingerprint density at radius 1 is 0.642 bits per heavy atom. The van der Waals surface area contributed by atoms with Crippen LogP contribution < -0.4 is 31.4 Å². The van der Waals surface area contributed by atoms with Crippen LogP contribution in [0.1, 0.15) is 142 Å². The maximum Gasteiger partial charge on any atom is 0.333 e. The van der Waals surface area contributed by atoms with Crippen molar-refractivity contribution >= 4 is 105 Å². The van der Waals surface area contributed by atoms with E-state index in [9.17, 15) is 59.3 Å². The maximum atomic E-state index is 14.7. The van der Waals surface area contributed by atoms with Crippen LogP contribution in [0, 0.1) is 24.7 Å². The summed E-state index contributed by atoms with van der Waals surface area (Å²) in [6.07, 6.45) is 9.66. The first-order valence-electron chi connectivity index (χ1n) is 32.6. The molecule has 0 aliphatic heterocycles. The summed E-state index contributed by atoms with van der Waals surface area (Å²) in [7, 11) is -12.4. The van der Waals surface area contributed by atoms with Crippen molar-refractivity contribution in [2.45, 2.75) is 121 Å². The molecule has 34 nitrogen and oxygen atoms in total. The van der Waals surface area contributed by atoms with Crippen LogP contribution in [-0.4, -0.2) is 179 Å². The number of rotatable bonds is 27. The summed E-state index contributed by atoms with van der Waals surface area (Å²) in [5, 5.41) is 64.4. The number of anilines is 3. The number of aromatic nitrogens is 12. The Morgan fingerprint density at radius 2 is 1.18 bits per heavy atom. The van der Waals surface area contributed by atoms with Gasteiger partial charge in [-0.2, -0.15) is 35.5 Å².